The van der Waals surface area contributed by atoms with Crippen LogP contribution in [0, 0.1) is 0 Å². The molecule has 0 atom stereocenters. The fourth-order valence-corrected chi connectivity index (χ4v) is 3.42. The lowest BCUT2D eigenvalue weighted by Crippen LogP contribution is -2.14. The number of carbonyl (C=O) groups excluding carboxylic acids is 1. The van der Waals surface area contributed by atoms with E-state index in [2.05, 4.69) is 11.4 Å². The first-order chi connectivity index (χ1) is 10.2. The number of methoxy groups -OCH3 is 2. The number of hydrogen-bond donors (Lipinski definition) is 1. The molecule has 0 saturated heterocycles. The average Bonchev–Trinajstić information content (AvgIpc) is 3.00. The monoisotopic (exact) mass is 323 g/mol. The zero-order valence-corrected chi connectivity index (χ0v) is 13.6. The van der Waals surface area contributed by atoms with Gasteiger partial charge in [-0.05, 0) is 23.6 Å². The SMILES string of the molecule is COc1ccc(NC(=O)CSCc2cccs2)cc1OC. The van der Waals surface area contributed by atoms with E-state index < -0.39 is 0 Å². The van der Waals surface area contributed by atoms with Gasteiger partial charge in [0.15, 0.2) is 11.5 Å². The maximum absolute atomic E-state index is 11.9. The van der Waals surface area contributed by atoms with Crippen LogP contribution in [0.3, 0.4) is 0 Å². The van der Waals surface area contributed by atoms with Crippen molar-refractivity contribution >= 4 is 34.7 Å². The fraction of sp³-hybridized carbons (Fsp3) is 0.267. The number of nitrogens with one attached hydrogen (secondary N) is 1. The van der Waals surface area contributed by atoms with Crippen molar-refractivity contribution in [1.29, 1.82) is 0 Å². The van der Waals surface area contributed by atoms with Gasteiger partial charge in [-0.25, -0.2) is 0 Å². The number of rotatable bonds is 7. The van der Waals surface area contributed by atoms with Crippen molar-refractivity contribution in [2.24, 2.45) is 0 Å². The Bertz CT molecular complexity index is 585. The molecule has 6 heteroatoms. The van der Waals surface area contributed by atoms with E-state index in [9.17, 15) is 4.79 Å². The van der Waals surface area contributed by atoms with E-state index in [1.165, 1.54) is 4.88 Å². The van der Waals surface area contributed by atoms with Crippen molar-refractivity contribution in [3.05, 3.63) is 40.6 Å². The fourth-order valence-electron chi connectivity index (χ4n) is 1.75. The van der Waals surface area contributed by atoms with Gasteiger partial charge in [-0.3, -0.25) is 4.79 Å². The number of amides is 1. The van der Waals surface area contributed by atoms with Crippen molar-refractivity contribution in [3.8, 4) is 11.5 Å². The van der Waals surface area contributed by atoms with Crippen molar-refractivity contribution in [2.45, 2.75) is 5.75 Å². The second kappa shape index (κ2) is 7.95. The predicted octanol–water partition coefficient (Wildman–Crippen LogP) is 3.64. The molecule has 1 N–H and O–H groups in total. The van der Waals surface area contributed by atoms with Crippen LogP contribution in [-0.2, 0) is 10.5 Å². The van der Waals surface area contributed by atoms with Gasteiger partial charge in [-0.15, -0.1) is 23.1 Å². The Morgan fingerprint density at radius 2 is 2.05 bits per heavy atom. The summed E-state index contributed by atoms with van der Waals surface area (Å²) in [5.41, 5.74) is 0.703. The van der Waals surface area contributed by atoms with E-state index >= 15 is 0 Å². The quantitative estimate of drug-likeness (QED) is 0.845. The summed E-state index contributed by atoms with van der Waals surface area (Å²) in [5.74, 6) is 2.50. The number of thioether (sulfide) groups is 1. The van der Waals surface area contributed by atoms with Crippen LogP contribution >= 0.6 is 23.1 Å². The zero-order chi connectivity index (χ0) is 15.1. The smallest absolute Gasteiger partial charge is 0.234 e. The highest BCUT2D eigenvalue weighted by molar-refractivity contribution is 7.99. The average molecular weight is 323 g/mol. The highest BCUT2D eigenvalue weighted by Gasteiger charge is 2.07. The lowest BCUT2D eigenvalue weighted by Gasteiger charge is -2.10. The number of hydrogen-bond acceptors (Lipinski definition) is 5. The third kappa shape index (κ3) is 4.68. The molecule has 1 aromatic heterocycles. The Labute approximate surface area is 132 Å². The molecule has 4 nitrogen and oxygen atoms in total. The molecule has 1 aromatic carbocycles. The minimum absolute atomic E-state index is 0.0243. The highest BCUT2D eigenvalue weighted by atomic mass is 32.2. The Morgan fingerprint density at radius 3 is 2.71 bits per heavy atom. The van der Waals surface area contributed by atoms with Gasteiger partial charge in [0.1, 0.15) is 0 Å². The topological polar surface area (TPSA) is 47.6 Å². The molecular formula is C15H17NO3S2. The van der Waals surface area contributed by atoms with Crippen molar-refractivity contribution in [2.75, 3.05) is 25.3 Å². The molecule has 0 spiro atoms. The molecule has 0 fully saturated rings. The van der Waals surface area contributed by atoms with Gasteiger partial charge < -0.3 is 14.8 Å². The van der Waals surface area contributed by atoms with Gasteiger partial charge in [0.05, 0.1) is 20.0 Å². The lowest BCUT2D eigenvalue weighted by molar-refractivity contribution is -0.113. The Hall–Kier alpha value is -1.66. The summed E-state index contributed by atoms with van der Waals surface area (Å²) in [4.78, 5) is 13.2. The predicted molar refractivity (Wildman–Crippen MR) is 88.7 cm³/mol. The van der Waals surface area contributed by atoms with Crippen LogP contribution in [0.5, 0.6) is 11.5 Å². The van der Waals surface area contributed by atoms with Crippen LogP contribution in [0.1, 0.15) is 4.88 Å². The van der Waals surface area contributed by atoms with Crippen molar-refractivity contribution < 1.29 is 14.3 Å². The zero-order valence-electron chi connectivity index (χ0n) is 11.9. The molecule has 1 amide bonds. The Balaban J connectivity index is 1.84. The van der Waals surface area contributed by atoms with Gasteiger partial charge >= 0.3 is 0 Å². The molecule has 0 radical (unpaired) electrons. The van der Waals surface area contributed by atoms with E-state index in [4.69, 9.17) is 9.47 Å². The summed E-state index contributed by atoms with van der Waals surface area (Å²) < 4.78 is 10.4. The van der Waals surface area contributed by atoms with E-state index in [1.807, 2.05) is 11.4 Å². The van der Waals surface area contributed by atoms with Crippen LogP contribution in [0.2, 0.25) is 0 Å². The number of benzene rings is 1. The van der Waals surface area contributed by atoms with E-state index in [1.54, 1.807) is 55.5 Å². The highest BCUT2D eigenvalue weighted by Crippen LogP contribution is 2.29. The van der Waals surface area contributed by atoms with Gasteiger partial charge in [-0.1, -0.05) is 6.07 Å². The van der Waals surface area contributed by atoms with Crippen LogP contribution in [0.25, 0.3) is 0 Å². The molecule has 0 aliphatic carbocycles. The summed E-state index contributed by atoms with van der Waals surface area (Å²) in [5, 5.41) is 4.90. The Morgan fingerprint density at radius 1 is 1.24 bits per heavy atom. The van der Waals surface area contributed by atoms with Crippen LogP contribution in [0.15, 0.2) is 35.7 Å². The maximum atomic E-state index is 11.9. The third-order valence-corrected chi connectivity index (χ3v) is 4.77. The summed E-state index contributed by atoms with van der Waals surface area (Å²) in [6.07, 6.45) is 0. The third-order valence-electron chi connectivity index (χ3n) is 2.72. The number of ether oxygens (including phenoxy) is 2. The van der Waals surface area contributed by atoms with Crippen molar-refractivity contribution in [1.82, 2.24) is 0 Å². The standard InChI is InChI=1S/C15H17NO3S2/c1-18-13-6-5-11(8-14(13)19-2)16-15(17)10-20-9-12-4-3-7-21-12/h3-8H,9-10H2,1-2H3,(H,16,17). The molecule has 0 bridgehead atoms. The molecule has 0 unspecified atom stereocenters. The molecular weight excluding hydrogens is 306 g/mol. The molecule has 0 aliphatic heterocycles. The first-order valence-corrected chi connectivity index (χ1v) is 8.38. The first-order valence-electron chi connectivity index (χ1n) is 6.35. The molecule has 0 aliphatic rings. The summed E-state index contributed by atoms with van der Waals surface area (Å²) in [7, 11) is 3.15. The van der Waals surface area contributed by atoms with Crippen molar-refractivity contribution in [3.63, 3.8) is 0 Å². The van der Waals surface area contributed by atoms with Crippen LogP contribution in [-0.4, -0.2) is 25.9 Å². The van der Waals surface area contributed by atoms with E-state index in [0.717, 1.165) is 5.75 Å². The lowest BCUT2D eigenvalue weighted by atomic mass is 10.2. The minimum atomic E-state index is -0.0243. The first kappa shape index (κ1) is 15.7. The molecule has 2 rings (SSSR count). The number of thiophene rings is 1. The largest absolute Gasteiger partial charge is 0.493 e. The second-order valence-electron chi connectivity index (χ2n) is 4.19. The molecule has 1 heterocycles. The van der Waals surface area contributed by atoms with Gasteiger partial charge in [0.25, 0.3) is 0 Å². The van der Waals surface area contributed by atoms with E-state index in [-0.39, 0.29) is 5.91 Å². The Kier molecular flexibility index (Phi) is 5.95. The van der Waals surface area contributed by atoms with Crippen LogP contribution in [0.4, 0.5) is 5.69 Å². The maximum Gasteiger partial charge on any atom is 0.234 e. The second-order valence-corrected chi connectivity index (χ2v) is 6.21. The van der Waals surface area contributed by atoms with Gasteiger partial charge in [0, 0.05) is 22.4 Å². The summed E-state index contributed by atoms with van der Waals surface area (Å²) in [6.45, 7) is 0. The number of anilines is 1. The van der Waals surface area contributed by atoms with Gasteiger partial charge in [0.2, 0.25) is 5.91 Å². The molecule has 2 aromatic rings. The van der Waals surface area contributed by atoms with Gasteiger partial charge in [-0.2, -0.15) is 0 Å². The molecule has 21 heavy (non-hydrogen) atoms. The minimum Gasteiger partial charge on any atom is -0.493 e. The van der Waals surface area contributed by atoms with Crippen LogP contribution < -0.4 is 14.8 Å². The molecule has 0 saturated carbocycles. The number of carbonyl (C=O) groups is 1. The normalized spacial score (nSPS) is 10.2. The summed E-state index contributed by atoms with van der Waals surface area (Å²) >= 11 is 3.30. The summed E-state index contributed by atoms with van der Waals surface area (Å²) in [6, 6.07) is 9.41. The molecule has 112 valence electrons. The van der Waals surface area contributed by atoms with E-state index in [0.29, 0.717) is 22.9 Å².